The van der Waals surface area contributed by atoms with E-state index < -0.39 is 0 Å². The van der Waals surface area contributed by atoms with Gasteiger partial charge in [0.25, 0.3) is 0 Å². The minimum absolute atomic E-state index is 0.120. The van der Waals surface area contributed by atoms with Gasteiger partial charge in [0.05, 0.1) is 6.54 Å². The van der Waals surface area contributed by atoms with Gasteiger partial charge in [0.15, 0.2) is 0 Å². The molecule has 150 valence electrons. The van der Waals surface area contributed by atoms with Crippen LogP contribution < -0.4 is 10.1 Å². The Bertz CT molecular complexity index is 775. The Morgan fingerprint density at radius 3 is 2.43 bits per heavy atom. The third-order valence-corrected chi connectivity index (χ3v) is 5.48. The zero-order chi connectivity index (χ0) is 19.9. The lowest BCUT2D eigenvalue weighted by Gasteiger charge is -2.31. The Balaban J connectivity index is 1.36. The summed E-state index contributed by atoms with van der Waals surface area (Å²) in [5.74, 6) is 1.16. The van der Waals surface area contributed by atoms with Crippen molar-refractivity contribution in [1.29, 1.82) is 0 Å². The Labute approximate surface area is 168 Å². The molecule has 0 saturated carbocycles. The van der Waals surface area contributed by atoms with Crippen molar-refractivity contribution in [1.82, 2.24) is 10.2 Å². The molecule has 2 aromatic carbocycles. The number of nitrogens with one attached hydrogen (secondary N) is 1. The highest BCUT2D eigenvalue weighted by Crippen LogP contribution is 2.20. The molecule has 28 heavy (non-hydrogen) atoms. The third kappa shape index (κ3) is 5.83. The van der Waals surface area contributed by atoms with Crippen LogP contribution in [0.25, 0.3) is 0 Å². The van der Waals surface area contributed by atoms with Crippen LogP contribution in [0.1, 0.15) is 35.1 Å². The van der Waals surface area contributed by atoms with E-state index in [1.807, 2.05) is 12.1 Å². The molecule has 1 aliphatic rings. The number of amides is 1. The molecule has 1 heterocycles. The SMILES string of the molecule is Cc1cc(C)cc(OCCNC(=O)C2CCN(Cc3ccccc3C)CC2)c1. The van der Waals surface area contributed by atoms with Crippen LogP contribution in [0.4, 0.5) is 0 Å². The third-order valence-electron chi connectivity index (χ3n) is 5.48. The van der Waals surface area contributed by atoms with Crippen LogP contribution in [0.5, 0.6) is 5.75 Å². The van der Waals surface area contributed by atoms with Gasteiger partial charge in [0.1, 0.15) is 12.4 Å². The average molecular weight is 381 g/mol. The number of hydrogen-bond acceptors (Lipinski definition) is 3. The molecule has 0 atom stereocenters. The smallest absolute Gasteiger partial charge is 0.223 e. The van der Waals surface area contributed by atoms with Crippen LogP contribution in [-0.2, 0) is 11.3 Å². The summed E-state index contributed by atoms with van der Waals surface area (Å²) in [6.45, 7) is 10.3. The molecule has 1 saturated heterocycles. The summed E-state index contributed by atoms with van der Waals surface area (Å²) in [7, 11) is 0. The van der Waals surface area contributed by atoms with Crippen molar-refractivity contribution in [3.05, 3.63) is 64.7 Å². The molecule has 1 amide bonds. The number of carbonyl (C=O) groups is 1. The van der Waals surface area contributed by atoms with Crippen molar-refractivity contribution >= 4 is 5.91 Å². The van der Waals surface area contributed by atoms with Crippen molar-refractivity contribution in [2.45, 2.75) is 40.2 Å². The van der Waals surface area contributed by atoms with Gasteiger partial charge in [-0.3, -0.25) is 9.69 Å². The summed E-state index contributed by atoms with van der Waals surface area (Å²) in [5.41, 5.74) is 5.10. The van der Waals surface area contributed by atoms with E-state index in [1.54, 1.807) is 0 Å². The number of rotatable bonds is 7. The maximum Gasteiger partial charge on any atom is 0.223 e. The van der Waals surface area contributed by atoms with Crippen molar-refractivity contribution in [3.63, 3.8) is 0 Å². The molecule has 0 aromatic heterocycles. The van der Waals surface area contributed by atoms with Gasteiger partial charge >= 0.3 is 0 Å². The van der Waals surface area contributed by atoms with E-state index in [1.165, 1.54) is 22.3 Å². The van der Waals surface area contributed by atoms with E-state index in [0.29, 0.717) is 13.2 Å². The Morgan fingerprint density at radius 2 is 1.75 bits per heavy atom. The van der Waals surface area contributed by atoms with Gasteiger partial charge in [-0.2, -0.15) is 0 Å². The number of piperidine rings is 1. The summed E-state index contributed by atoms with van der Waals surface area (Å²) in [6, 6.07) is 14.7. The number of benzene rings is 2. The highest BCUT2D eigenvalue weighted by molar-refractivity contribution is 5.78. The number of likely N-dealkylation sites (tertiary alicyclic amines) is 1. The fourth-order valence-corrected chi connectivity index (χ4v) is 3.89. The molecule has 0 bridgehead atoms. The second kappa shape index (κ2) is 9.74. The molecule has 0 spiro atoms. The minimum atomic E-state index is 0.120. The zero-order valence-electron chi connectivity index (χ0n) is 17.3. The largest absolute Gasteiger partial charge is 0.492 e. The molecule has 2 aromatic rings. The van der Waals surface area contributed by atoms with E-state index in [0.717, 1.165) is 38.2 Å². The molecule has 3 rings (SSSR count). The lowest BCUT2D eigenvalue weighted by Crippen LogP contribution is -2.41. The number of nitrogens with zero attached hydrogens (tertiary/aromatic N) is 1. The quantitative estimate of drug-likeness (QED) is 0.738. The summed E-state index contributed by atoms with van der Waals surface area (Å²) in [4.78, 5) is 14.9. The van der Waals surface area contributed by atoms with Crippen molar-refractivity contribution in [2.24, 2.45) is 5.92 Å². The van der Waals surface area contributed by atoms with Crippen LogP contribution in [0.2, 0.25) is 0 Å². The predicted molar refractivity (Wildman–Crippen MR) is 114 cm³/mol. The monoisotopic (exact) mass is 380 g/mol. The summed E-state index contributed by atoms with van der Waals surface area (Å²) in [5, 5.41) is 3.04. The van der Waals surface area contributed by atoms with Gasteiger partial charge in [-0.05, 0) is 81.1 Å². The fourth-order valence-electron chi connectivity index (χ4n) is 3.89. The standard InChI is InChI=1S/C24H32N2O2/c1-18-14-19(2)16-23(15-18)28-13-10-25-24(27)21-8-11-26(12-9-21)17-22-7-5-4-6-20(22)3/h4-7,14-16,21H,8-13,17H2,1-3H3,(H,25,27). The molecule has 4 heteroatoms. The molecule has 1 aliphatic heterocycles. The molecular formula is C24H32N2O2. The second-order valence-electron chi connectivity index (χ2n) is 7.94. The van der Waals surface area contributed by atoms with Gasteiger partial charge in [0, 0.05) is 12.5 Å². The molecule has 1 N–H and O–H groups in total. The van der Waals surface area contributed by atoms with Gasteiger partial charge in [-0.15, -0.1) is 0 Å². The highest BCUT2D eigenvalue weighted by atomic mass is 16.5. The van der Waals surface area contributed by atoms with Crippen LogP contribution in [0, 0.1) is 26.7 Å². The zero-order valence-corrected chi connectivity index (χ0v) is 17.3. The van der Waals surface area contributed by atoms with Crippen molar-refractivity contribution in [2.75, 3.05) is 26.2 Å². The number of aryl methyl sites for hydroxylation is 3. The second-order valence-corrected chi connectivity index (χ2v) is 7.94. The molecule has 1 fully saturated rings. The first kappa shape index (κ1) is 20.4. The van der Waals surface area contributed by atoms with E-state index in [-0.39, 0.29) is 11.8 Å². The molecule has 0 unspecified atom stereocenters. The predicted octanol–water partition coefficient (Wildman–Crippen LogP) is 4.02. The van der Waals surface area contributed by atoms with Gasteiger partial charge in [0.2, 0.25) is 5.91 Å². The lowest BCUT2D eigenvalue weighted by molar-refractivity contribution is -0.126. The number of hydrogen-bond donors (Lipinski definition) is 1. The van der Waals surface area contributed by atoms with Crippen molar-refractivity contribution in [3.8, 4) is 5.75 Å². The van der Waals surface area contributed by atoms with E-state index in [4.69, 9.17) is 4.74 Å². The van der Waals surface area contributed by atoms with E-state index >= 15 is 0 Å². The van der Waals surface area contributed by atoms with E-state index in [2.05, 4.69) is 61.3 Å². The Morgan fingerprint density at radius 1 is 1.07 bits per heavy atom. The lowest BCUT2D eigenvalue weighted by atomic mass is 9.95. The maximum absolute atomic E-state index is 12.5. The Kier molecular flexibility index (Phi) is 7.10. The number of carbonyl (C=O) groups excluding carboxylic acids is 1. The summed E-state index contributed by atoms with van der Waals surface area (Å²) in [6.07, 6.45) is 1.85. The molecule has 4 nitrogen and oxygen atoms in total. The Hall–Kier alpha value is -2.33. The van der Waals surface area contributed by atoms with Crippen molar-refractivity contribution < 1.29 is 9.53 Å². The maximum atomic E-state index is 12.5. The minimum Gasteiger partial charge on any atom is -0.492 e. The van der Waals surface area contributed by atoms with Crippen LogP contribution in [-0.4, -0.2) is 37.0 Å². The summed E-state index contributed by atoms with van der Waals surface area (Å²) < 4.78 is 5.78. The molecule has 0 radical (unpaired) electrons. The summed E-state index contributed by atoms with van der Waals surface area (Å²) >= 11 is 0. The van der Waals surface area contributed by atoms with Gasteiger partial charge < -0.3 is 10.1 Å². The van der Waals surface area contributed by atoms with E-state index in [9.17, 15) is 4.79 Å². The fraction of sp³-hybridized carbons (Fsp3) is 0.458. The van der Waals surface area contributed by atoms with Crippen LogP contribution in [0.15, 0.2) is 42.5 Å². The van der Waals surface area contributed by atoms with Gasteiger partial charge in [-0.25, -0.2) is 0 Å². The van der Waals surface area contributed by atoms with Gasteiger partial charge in [-0.1, -0.05) is 30.3 Å². The molecule has 0 aliphatic carbocycles. The first-order valence-corrected chi connectivity index (χ1v) is 10.3. The number of ether oxygens (including phenoxy) is 1. The molecular weight excluding hydrogens is 348 g/mol. The average Bonchev–Trinajstić information content (AvgIpc) is 2.67. The first-order valence-electron chi connectivity index (χ1n) is 10.3. The first-order chi connectivity index (χ1) is 13.5. The topological polar surface area (TPSA) is 41.6 Å². The highest BCUT2D eigenvalue weighted by Gasteiger charge is 2.24. The normalized spacial score (nSPS) is 15.4. The van der Waals surface area contributed by atoms with Crippen LogP contribution >= 0.6 is 0 Å². The van der Waals surface area contributed by atoms with Crippen LogP contribution in [0.3, 0.4) is 0 Å².